The van der Waals surface area contributed by atoms with E-state index in [1.807, 2.05) is 23.1 Å². The number of carbonyl (C=O) groups excluding carboxylic acids is 1. The van der Waals surface area contributed by atoms with Crippen molar-refractivity contribution in [1.82, 2.24) is 20.0 Å². The molecule has 23 heavy (non-hydrogen) atoms. The number of hydrogen-bond donors (Lipinski definition) is 1. The third kappa shape index (κ3) is 4.93. The Bertz CT molecular complexity index is 523. The summed E-state index contributed by atoms with van der Waals surface area (Å²) in [6, 6.07) is 2.38. The Morgan fingerprint density at radius 2 is 2.30 bits per heavy atom. The molecule has 1 aliphatic carbocycles. The van der Waals surface area contributed by atoms with Crippen LogP contribution < -0.4 is 5.32 Å². The van der Waals surface area contributed by atoms with E-state index in [-0.39, 0.29) is 5.91 Å². The van der Waals surface area contributed by atoms with E-state index < -0.39 is 0 Å². The maximum atomic E-state index is 12.2. The van der Waals surface area contributed by atoms with Crippen LogP contribution in [0.1, 0.15) is 44.9 Å². The fraction of sp³-hybridized carbons (Fsp3) is 0.667. The molecule has 1 amide bonds. The van der Waals surface area contributed by atoms with E-state index in [2.05, 4.69) is 21.4 Å². The second-order valence-electron chi connectivity index (χ2n) is 6.70. The minimum atomic E-state index is 0.161. The van der Waals surface area contributed by atoms with Crippen LogP contribution in [-0.4, -0.2) is 46.3 Å². The maximum absolute atomic E-state index is 12.2. The molecule has 2 heterocycles. The molecule has 3 rings (SSSR count). The summed E-state index contributed by atoms with van der Waals surface area (Å²) in [5, 5.41) is 7.37. The van der Waals surface area contributed by atoms with Gasteiger partial charge in [-0.05, 0) is 57.6 Å². The quantitative estimate of drug-likeness (QED) is 0.786. The van der Waals surface area contributed by atoms with Crippen LogP contribution >= 0.6 is 0 Å². The smallest absolute Gasteiger partial charge is 0.234 e. The number of allylic oxidation sites excluding steroid dienone is 1. The van der Waals surface area contributed by atoms with E-state index >= 15 is 0 Å². The number of amides is 1. The Hall–Kier alpha value is -1.62. The van der Waals surface area contributed by atoms with Crippen molar-refractivity contribution >= 4 is 5.91 Å². The minimum absolute atomic E-state index is 0.161. The van der Waals surface area contributed by atoms with Gasteiger partial charge in [0.15, 0.2) is 0 Å². The topological polar surface area (TPSA) is 50.2 Å². The molecule has 1 saturated heterocycles. The molecule has 1 aliphatic heterocycles. The number of likely N-dealkylation sites (tertiary alicyclic amines) is 1. The van der Waals surface area contributed by atoms with Crippen molar-refractivity contribution in [2.45, 2.75) is 57.5 Å². The van der Waals surface area contributed by atoms with Crippen LogP contribution in [0.3, 0.4) is 0 Å². The fourth-order valence-corrected chi connectivity index (χ4v) is 3.67. The zero-order valence-electron chi connectivity index (χ0n) is 13.9. The first-order valence-electron chi connectivity index (χ1n) is 8.97. The van der Waals surface area contributed by atoms with Crippen LogP contribution in [-0.2, 0) is 11.3 Å². The molecule has 0 spiro atoms. The Morgan fingerprint density at radius 1 is 1.35 bits per heavy atom. The van der Waals surface area contributed by atoms with E-state index in [4.69, 9.17) is 0 Å². The molecule has 0 bridgehead atoms. The molecule has 0 radical (unpaired) electrons. The van der Waals surface area contributed by atoms with Crippen LogP contribution in [0.15, 0.2) is 30.1 Å². The highest BCUT2D eigenvalue weighted by Gasteiger charge is 2.26. The summed E-state index contributed by atoms with van der Waals surface area (Å²) >= 11 is 0. The number of rotatable bonds is 7. The van der Waals surface area contributed by atoms with Gasteiger partial charge < -0.3 is 5.32 Å². The van der Waals surface area contributed by atoms with Gasteiger partial charge >= 0.3 is 0 Å². The lowest BCUT2D eigenvalue weighted by atomic mass is 9.97. The van der Waals surface area contributed by atoms with E-state index in [1.54, 1.807) is 0 Å². The van der Waals surface area contributed by atoms with Gasteiger partial charge in [-0.2, -0.15) is 5.10 Å². The number of nitrogens with one attached hydrogen (secondary N) is 1. The van der Waals surface area contributed by atoms with Gasteiger partial charge in [0.2, 0.25) is 5.91 Å². The van der Waals surface area contributed by atoms with Crippen molar-refractivity contribution < 1.29 is 4.79 Å². The average molecular weight is 316 g/mol. The van der Waals surface area contributed by atoms with Crippen LogP contribution in [0.25, 0.3) is 0 Å². The molecule has 1 atom stereocenters. The number of nitrogens with zero attached hydrogens (tertiary/aromatic N) is 3. The van der Waals surface area contributed by atoms with Crippen molar-refractivity contribution in [2.75, 3.05) is 19.6 Å². The lowest BCUT2D eigenvalue weighted by molar-refractivity contribution is -0.122. The first kappa shape index (κ1) is 16.2. The third-order valence-corrected chi connectivity index (χ3v) is 4.96. The minimum Gasteiger partial charge on any atom is -0.355 e. The molecular formula is C18H28N4O. The largest absolute Gasteiger partial charge is 0.355 e. The van der Waals surface area contributed by atoms with Crippen LogP contribution in [0.5, 0.6) is 0 Å². The zero-order valence-corrected chi connectivity index (χ0v) is 13.9. The normalized spacial score (nSPS) is 22.1. The molecule has 126 valence electrons. The molecule has 0 saturated carbocycles. The highest BCUT2D eigenvalue weighted by molar-refractivity contribution is 5.78. The van der Waals surface area contributed by atoms with E-state index in [0.29, 0.717) is 12.6 Å². The summed E-state index contributed by atoms with van der Waals surface area (Å²) in [5.74, 6) is 0.161. The molecule has 1 N–H and O–H groups in total. The molecule has 1 aromatic rings. The summed E-state index contributed by atoms with van der Waals surface area (Å²) in [6.07, 6.45) is 14.6. The Balaban J connectivity index is 1.39. The van der Waals surface area contributed by atoms with Crippen molar-refractivity contribution in [2.24, 2.45) is 0 Å². The number of aromatic nitrogens is 2. The predicted octanol–water partition coefficient (Wildman–Crippen LogP) is 2.35. The molecule has 1 aromatic heterocycles. The Morgan fingerprint density at radius 3 is 3.09 bits per heavy atom. The van der Waals surface area contributed by atoms with Gasteiger partial charge in [0.1, 0.15) is 0 Å². The van der Waals surface area contributed by atoms with Crippen molar-refractivity contribution in [3.8, 4) is 0 Å². The fourth-order valence-electron chi connectivity index (χ4n) is 3.67. The zero-order chi connectivity index (χ0) is 15.9. The van der Waals surface area contributed by atoms with E-state index in [0.717, 1.165) is 32.5 Å². The molecule has 2 aliphatic rings. The van der Waals surface area contributed by atoms with Gasteiger partial charge in [0, 0.05) is 25.0 Å². The average Bonchev–Trinajstić information content (AvgIpc) is 3.22. The van der Waals surface area contributed by atoms with Gasteiger partial charge in [-0.1, -0.05) is 11.6 Å². The maximum Gasteiger partial charge on any atom is 0.234 e. The summed E-state index contributed by atoms with van der Waals surface area (Å²) in [5.41, 5.74) is 1.52. The monoisotopic (exact) mass is 316 g/mol. The first-order chi connectivity index (χ1) is 11.3. The number of carbonyl (C=O) groups is 1. The van der Waals surface area contributed by atoms with Crippen LogP contribution in [0.2, 0.25) is 0 Å². The molecule has 0 unspecified atom stereocenters. The van der Waals surface area contributed by atoms with Gasteiger partial charge in [0.25, 0.3) is 0 Å². The highest BCUT2D eigenvalue weighted by atomic mass is 16.2. The summed E-state index contributed by atoms with van der Waals surface area (Å²) in [7, 11) is 0. The number of hydrogen-bond acceptors (Lipinski definition) is 3. The Kier molecular flexibility index (Phi) is 5.86. The second kappa shape index (κ2) is 8.29. The summed E-state index contributed by atoms with van der Waals surface area (Å²) < 4.78 is 1.97. The van der Waals surface area contributed by atoms with Crippen LogP contribution in [0.4, 0.5) is 0 Å². The van der Waals surface area contributed by atoms with Gasteiger partial charge in [-0.15, -0.1) is 0 Å². The standard InChI is InChI=1S/C18H28N4O/c23-18(19-11-9-16-6-2-1-3-7-16)15-21-12-4-8-17(21)14-22-13-5-10-20-22/h5-6,10,13,17H,1-4,7-9,11-12,14-15H2,(H,19,23)/t17-/m1/s1. The second-order valence-corrected chi connectivity index (χ2v) is 6.70. The molecular weight excluding hydrogens is 288 g/mol. The van der Waals surface area contributed by atoms with E-state index in [9.17, 15) is 4.79 Å². The molecule has 0 aromatic carbocycles. The summed E-state index contributed by atoms with van der Waals surface area (Å²) in [4.78, 5) is 14.5. The van der Waals surface area contributed by atoms with Gasteiger partial charge in [-0.3, -0.25) is 14.4 Å². The van der Waals surface area contributed by atoms with Crippen molar-refractivity contribution in [3.05, 3.63) is 30.1 Å². The molecule has 1 fully saturated rings. The van der Waals surface area contributed by atoms with Crippen LogP contribution in [0, 0.1) is 0 Å². The lowest BCUT2D eigenvalue weighted by Gasteiger charge is -2.24. The van der Waals surface area contributed by atoms with Crippen molar-refractivity contribution in [1.29, 1.82) is 0 Å². The first-order valence-corrected chi connectivity index (χ1v) is 8.97. The lowest BCUT2D eigenvalue weighted by Crippen LogP contribution is -2.41. The predicted molar refractivity (Wildman–Crippen MR) is 91.0 cm³/mol. The SMILES string of the molecule is O=C(CN1CCC[C@@H]1Cn1cccn1)NCCC1=CCCCC1. The Labute approximate surface area is 138 Å². The van der Waals surface area contributed by atoms with Crippen molar-refractivity contribution in [3.63, 3.8) is 0 Å². The van der Waals surface area contributed by atoms with Gasteiger partial charge in [0.05, 0.1) is 13.1 Å². The highest BCUT2D eigenvalue weighted by Crippen LogP contribution is 2.20. The van der Waals surface area contributed by atoms with Gasteiger partial charge in [-0.25, -0.2) is 0 Å². The van der Waals surface area contributed by atoms with E-state index in [1.165, 1.54) is 37.7 Å². The summed E-state index contributed by atoms with van der Waals surface area (Å²) in [6.45, 7) is 3.20. The molecule has 5 nitrogen and oxygen atoms in total. The molecule has 5 heteroatoms. The third-order valence-electron chi connectivity index (χ3n) is 4.96.